The number of pyridine rings is 1. The maximum atomic E-state index is 13.9. The summed E-state index contributed by atoms with van der Waals surface area (Å²) in [7, 11) is 0. The molecule has 0 aliphatic carbocycles. The molecule has 0 amide bonds. The number of nitrogens with zero attached hydrogens (tertiary/aromatic N) is 3. The SMILES string of the molecule is OCCC1CN(c2ncccc2Cl)CCN1Cc1ccccc1F. The lowest BCUT2D eigenvalue weighted by Gasteiger charge is -2.42. The first-order valence-corrected chi connectivity index (χ1v) is 8.50. The lowest BCUT2D eigenvalue weighted by Crippen LogP contribution is -2.53. The zero-order valence-electron chi connectivity index (χ0n) is 13.4. The molecule has 1 aliphatic rings. The van der Waals surface area contributed by atoms with Crippen LogP contribution in [-0.4, -0.2) is 47.3 Å². The number of anilines is 1. The number of halogens is 2. The fraction of sp³-hybridized carbons (Fsp3) is 0.389. The van der Waals surface area contributed by atoms with Crippen molar-refractivity contribution in [2.75, 3.05) is 31.1 Å². The predicted molar refractivity (Wildman–Crippen MR) is 93.8 cm³/mol. The molecule has 1 aromatic carbocycles. The molecular formula is C18H21ClFN3O. The minimum atomic E-state index is -0.185. The van der Waals surface area contributed by atoms with E-state index in [0.717, 1.165) is 18.9 Å². The van der Waals surface area contributed by atoms with E-state index in [1.807, 2.05) is 24.3 Å². The van der Waals surface area contributed by atoms with Gasteiger partial charge in [-0.15, -0.1) is 0 Å². The molecule has 2 heterocycles. The Morgan fingerprint density at radius 1 is 1.21 bits per heavy atom. The van der Waals surface area contributed by atoms with Crippen molar-refractivity contribution in [1.82, 2.24) is 9.88 Å². The highest BCUT2D eigenvalue weighted by Crippen LogP contribution is 2.26. The van der Waals surface area contributed by atoms with Crippen molar-refractivity contribution in [2.24, 2.45) is 0 Å². The molecule has 2 aromatic rings. The molecule has 1 unspecified atom stereocenters. The molecule has 4 nitrogen and oxygen atoms in total. The second-order valence-corrected chi connectivity index (χ2v) is 6.39. The molecule has 0 spiro atoms. The number of aromatic nitrogens is 1. The Labute approximate surface area is 146 Å². The number of rotatable bonds is 5. The van der Waals surface area contributed by atoms with Crippen LogP contribution >= 0.6 is 11.6 Å². The van der Waals surface area contributed by atoms with E-state index in [9.17, 15) is 9.50 Å². The Morgan fingerprint density at radius 2 is 2.04 bits per heavy atom. The molecule has 1 atom stereocenters. The molecule has 1 saturated heterocycles. The van der Waals surface area contributed by atoms with E-state index in [0.29, 0.717) is 30.1 Å². The number of hydrogen-bond donors (Lipinski definition) is 1. The highest BCUT2D eigenvalue weighted by molar-refractivity contribution is 6.32. The van der Waals surface area contributed by atoms with Crippen LogP contribution in [0.2, 0.25) is 5.02 Å². The van der Waals surface area contributed by atoms with Crippen molar-refractivity contribution in [3.8, 4) is 0 Å². The van der Waals surface area contributed by atoms with E-state index in [2.05, 4.69) is 14.8 Å². The van der Waals surface area contributed by atoms with Gasteiger partial charge in [-0.2, -0.15) is 0 Å². The van der Waals surface area contributed by atoms with E-state index >= 15 is 0 Å². The van der Waals surface area contributed by atoms with Gasteiger partial charge >= 0.3 is 0 Å². The Kier molecular flexibility index (Phi) is 5.66. The number of aliphatic hydroxyl groups excluding tert-OH is 1. The number of benzene rings is 1. The third kappa shape index (κ3) is 3.86. The van der Waals surface area contributed by atoms with Crippen LogP contribution in [-0.2, 0) is 6.54 Å². The summed E-state index contributed by atoms with van der Waals surface area (Å²) in [6.45, 7) is 2.90. The molecule has 1 N–H and O–H groups in total. The van der Waals surface area contributed by atoms with Crippen molar-refractivity contribution < 1.29 is 9.50 Å². The normalized spacial score (nSPS) is 18.8. The third-order valence-electron chi connectivity index (χ3n) is 4.44. The van der Waals surface area contributed by atoms with Crippen molar-refractivity contribution in [2.45, 2.75) is 19.0 Å². The average Bonchev–Trinajstić information content (AvgIpc) is 2.59. The summed E-state index contributed by atoms with van der Waals surface area (Å²) in [4.78, 5) is 8.74. The summed E-state index contributed by atoms with van der Waals surface area (Å²) < 4.78 is 13.9. The molecule has 128 valence electrons. The zero-order valence-corrected chi connectivity index (χ0v) is 14.2. The minimum Gasteiger partial charge on any atom is -0.396 e. The maximum Gasteiger partial charge on any atom is 0.147 e. The van der Waals surface area contributed by atoms with Crippen molar-refractivity contribution >= 4 is 17.4 Å². The van der Waals surface area contributed by atoms with Crippen LogP contribution in [0.4, 0.5) is 10.2 Å². The summed E-state index contributed by atoms with van der Waals surface area (Å²) in [5.74, 6) is 0.586. The van der Waals surface area contributed by atoms with Gasteiger partial charge in [-0.1, -0.05) is 29.8 Å². The number of aliphatic hydroxyl groups is 1. The second-order valence-electron chi connectivity index (χ2n) is 5.98. The first kappa shape index (κ1) is 17.1. The maximum absolute atomic E-state index is 13.9. The van der Waals surface area contributed by atoms with Crippen molar-refractivity contribution in [1.29, 1.82) is 0 Å². The zero-order chi connectivity index (χ0) is 16.9. The van der Waals surface area contributed by atoms with Gasteiger partial charge in [0, 0.05) is 50.6 Å². The largest absolute Gasteiger partial charge is 0.396 e. The molecule has 1 aliphatic heterocycles. The fourth-order valence-electron chi connectivity index (χ4n) is 3.17. The van der Waals surface area contributed by atoms with E-state index < -0.39 is 0 Å². The quantitative estimate of drug-likeness (QED) is 0.901. The first-order valence-electron chi connectivity index (χ1n) is 8.13. The van der Waals surface area contributed by atoms with Gasteiger partial charge in [0.15, 0.2) is 0 Å². The Balaban J connectivity index is 1.74. The molecule has 0 saturated carbocycles. The second kappa shape index (κ2) is 7.92. The van der Waals surface area contributed by atoms with Crippen molar-refractivity contribution in [3.63, 3.8) is 0 Å². The van der Waals surface area contributed by atoms with Crippen LogP contribution < -0.4 is 4.90 Å². The van der Waals surface area contributed by atoms with Gasteiger partial charge in [-0.05, 0) is 24.6 Å². The minimum absolute atomic E-state index is 0.0994. The van der Waals surface area contributed by atoms with Crippen LogP contribution in [0.15, 0.2) is 42.6 Å². The molecule has 3 rings (SSSR count). The lowest BCUT2D eigenvalue weighted by atomic mass is 10.1. The number of piperazine rings is 1. The Morgan fingerprint density at radius 3 is 2.79 bits per heavy atom. The van der Waals surface area contributed by atoms with E-state index in [1.165, 1.54) is 6.07 Å². The van der Waals surface area contributed by atoms with Crippen LogP contribution in [0.5, 0.6) is 0 Å². The summed E-state index contributed by atoms with van der Waals surface area (Å²) in [6, 6.07) is 10.6. The lowest BCUT2D eigenvalue weighted by molar-refractivity contribution is 0.134. The molecule has 0 radical (unpaired) electrons. The van der Waals surface area contributed by atoms with E-state index in [4.69, 9.17) is 11.6 Å². The molecular weight excluding hydrogens is 329 g/mol. The van der Waals surface area contributed by atoms with Crippen LogP contribution in [0.25, 0.3) is 0 Å². The third-order valence-corrected chi connectivity index (χ3v) is 4.73. The van der Waals surface area contributed by atoms with Gasteiger partial charge < -0.3 is 10.0 Å². The van der Waals surface area contributed by atoms with Crippen LogP contribution in [0.3, 0.4) is 0 Å². The van der Waals surface area contributed by atoms with Gasteiger partial charge in [-0.25, -0.2) is 9.37 Å². The average molecular weight is 350 g/mol. The summed E-state index contributed by atoms with van der Waals surface area (Å²) >= 11 is 6.25. The summed E-state index contributed by atoms with van der Waals surface area (Å²) in [6.07, 6.45) is 2.36. The van der Waals surface area contributed by atoms with Crippen LogP contribution in [0, 0.1) is 5.82 Å². The van der Waals surface area contributed by atoms with Crippen LogP contribution in [0.1, 0.15) is 12.0 Å². The van der Waals surface area contributed by atoms with E-state index in [1.54, 1.807) is 12.3 Å². The topological polar surface area (TPSA) is 39.6 Å². The smallest absolute Gasteiger partial charge is 0.147 e. The highest BCUT2D eigenvalue weighted by atomic mass is 35.5. The van der Waals surface area contributed by atoms with Gasteiger partial charge in [0.05, 0.1) is 5.02 Å². The molecule has 1 fully saturated rings. The van der Waals surface area contributed by atoms with E-state index in [-0.39, 0.29) is 18.5 Å². The fourth-order valence-corrected chi connectivity index (χ4v) is 3.41. The van der Waals surface area contributed by atoms with Gasteiger partial charge in [0.25, 0.3) is 0 Å². The van der Waals surface area contributed by atoms with Crippen molar-refractivity contribution in [3.05, 3.63) is 59.0 Å². The summed E-state index contributed by atoms with van der Waals surface area (Å²) in [5, 5.41) is 10.0. The standard InChI is InChI=1S/C18H21ClFN3O/c19-16-5-3-8-21-18(16)23-10-9-22(15(13-23)7-11-24)12-14-4-1-2-6-17(14)20/h1-6,8,15,24H,7,9-13H2. The predicted octanol–water partition coefficient (Wildman–Crippen LogP) is 2.95. The molecule has 6 heteroatoms. The van der Waals surface area contributed by atoms with Gasteiger partial charge in [-0.3, -0.25) is 4.90 Å². The highest BCUT2D eigenvalue weighted by Gasteiger charge is 2.28. The Hall–Kier alpha value is -1.69. The molecule has 0 bridgehead atoms. The molecule has 24 heavy (non-hydrogen) atoms. The van der Waals surface area contributed by atoms with Gasteiger partial charge in [0.1, 0.15) is 11.6 Å². The molecule has 1 aromatic heterocycles. The summed E-state index contributed by atoms with van der Waals surface area (Å²) in [5.41, 5.74) is 0.685. The Bertz CT molecular complexity index is 685. The number of hydrogen-bond acceptors (Lipinski definition) is 4. The first-order chi connectivity index (χ1) is 11.7. The van der Waals surface area contributed by atoms with Gasteiger partial charge in [0.2, 0.25) is 0 Å². The monoisotopic (exact) mass is 349 g/mol.